The van der Waals surface area contributed by atoms with Crippen molar-refractivity contribution in [2.45, 2.75) is 25.3 Å². The second-order valence-corrected chi connectivity index (χ2v) is 7.71. The van der Waals surface area contributed by atoms with Gasteiger partial charge in [0.05, 0.1) is 17.9 Å². The highest BCUT2D eigenvalue weighted by molar-refractivity contribution is 7.99. The molecule has 1 aromatic heterocycles. The minimum atomic E-state index is -0.0835. The van der Waals surface area contributed by atoms with Crippen molar-refractivity contribution in [2.75, 3.05) is 17.7 Å². The average molecular weight is 418 g/mol. The number of aromatic nitrogens is 1. The van der Waals surface area contributed by atoms with Crippen LogP contribution in [0.5, 0.6) is 5.75 Å². The van der Waals surface area contributed by atoms with Crippen molar-refractivity contribution >= 4 is 23.4 Å². The van der Waals surface area contributed by atoms with E-state index in [9.17, 15) is 10.1 Å². The first kappa shape index (κ1) is 21.4. The van der Waals surface area contributed by atoms with Gasteiger partial charge in [-0.25, -0.2) is 4.98 Å². The summed E-state index contributed by atoms with van der Waals surface area (Å²) in [6, 6.07) is 21.2. The number of nitrogens with one attached hydrogen (secondary N) is 1. The summed E-state index contributed by atoms with van der Waals surface area (Å²) in [6.45, 7) is 4.57. The number of carbonyl (C=O) groups excluding carboxylic acids is 1. The largest absolute Gasteiger partial charge is 0.494 e. The van der Waals surface area contributed by atoms with Crippen LogP contribution in [-0.4, -0.2) is 23.3 Å². The third-order valence-electron chi connectivity index (χ3n) is 4.35. The van der Waals surface area contributed by atoms with E-state index in [-0.39, 0.29) is 5.91 Å². The predicted octanol–water partition coefficient (Wildman–Crippen LogP) is 5.45. The number of ether oxygens (including phenoxy) is 1. The van der Waals surface area contributed by atoms with E-state index in [1.54, 1.807) is 6.07 Å². The predicted molar refractivity (Wildman–Crippen MR) is 121 cm³/mol. The molecule has 6 heteroatoms. The van der Waals surface area contributed by atoms with Crippen LogP contribution in [0, 0.1) is 18.3 Å². The number of nitrogens with zero attached hydrogens (tertiary/aromatic N) is 2. The van der Waals surface area contributed by atoms with E-state index in [1.165, 1.54) is 17.3 Å². The first-order valence-electron chi connectivity index (χ1n) is 9.72. The quantitative estimate of drug-likeness (QED) is 0.493. The lowest BCUT2D eigenvalue weighted by molar-refractivity contribution is -0.115. The number of aryl methyl sites for hydroxylation is 1. The zero-order valence-corrected chi connectivity index (χ0v) is 17.8. The molecule has 0 aliphatic heterocycles. The lowest BCUT2D eigenvalue weighted by Crippen LogP contribution is -2.12. The maximum atomic E-state index is 12.2. The molecule has 0 radical (unpaired) electrons. The maximum Gasteiger partial charge on any atom is 0.225 e. The summed E-state index contributed by atoms with van der Waals surface area (Å²) in [5, 5.41) is 12.9. The van der Waals surface area contributed by atoms with Crippen LogP contribution in [0.1, 0.15) is 24.5 Å². The molecule has 0 fully saturated rings. The summed E-state index contributed by atoms with van der Waals surface area (Å²) in [5.41, 5.74) is 4.24. The zero-order valence-electron chi connectivity index (χ0n) is 17.0. The van der Waals surface area contributed by atoms with Gasteiger partial charge in [0.25, 0.3) is 0 Å². The summed E-state index contributed by atoms with van der Waals surface area (Å²) in [5.74, 6) is 1.22. The Morgan fingerprint density at radius 3 is 2.50 bits per heavy atom. The third kappa shape index (κ3) is 5.85. The van der Waals surface area contributed by atoms with Crippen LogP contribution in [0.15, 0.2) is 65.7 Å². The fourth-order valence-electron chi connectivity index (χ4n) is 2.79. The highest BCUT2D eigenvalue weighted by Gasteiger charge is 2.10. The highest BCUT2D eigenvalue weighted by Crippen LogP contribution is 2.26. The Bertz CT molecular complexity index is 1040. The van der Waals surface area contributed by atoms with Crippen molar-refractivity contribution in [3.05, 3.63) is 71.8 Å². The molecule has 30 heavy (non-hydrogen) atoms. The van der Waals surface area contributed by atoms with Crippen molar-refractivity contribution in [1.29, 1.82) is 5.26 Å². The van der Waals surface area contributed by atoms with E-state index in [4.69, 9.17) is 4.74 Å². The van der Waals surface area contributed by atoms with Crippen LogP contribution in [-0.2, 0) is 4.79 Å². The fourth-order valence-corrected chi connectivity index (χ4v) is 3.70. The van der Waals surface area contributed by atoms with Gasteiger partial charge in [-0.1, -0.05) is 29.8 Å². The fraction of sp³-hybridized carbons (Fsp3) is 0.208. The standard InChI is InChI=1S/C24H23N3O2S/c1-3-29-21-11-9-20(10-12-21)26-23(28)14-15-30-24-19(16-25)8-13-22(27-24)18-6-4-17(2)5-7-18/h4-13H,3,14-15H2,1-2H3,(H,26,28). The Morgan fingerprint density at radius 1 is 1.10 bits per heavy atom. The van der Waals surface area contributed by atoms with Crippen molar-refractivity contribution in [3.8, 4) is 23.1 Å². The molecule has 3 rings (SSSR count). The molecule has 0 atom stereocenters. The van der Waals surface area contributed by atoms with Crippen molar-refractivity contribution in [3.63, 3.8) is 0 Å². The van der Waals surface area contributed by atoms with E-state index >= 15 is 0 Å². The Balaban J connectivity index is 1.59. The van der Waals surface area contributed by atoms with E-state index in [0.717, 1.165) is 22.7 Å². The maximum absolute atomic E-state index is 12.2. The van der Waals surface area contributed by atoms with Crippen LogP contribution in [0.4, 0.5) is 5.69 Å². The summed E-state index contributed by atoms with van der Waals surface area (Å²) in [6.07, 6.45) is 0.319. The van der Waals surface area contributed by atoms with Crippen molar-refractivity contribution in [2.24, 2.45) is 0 Å². The third-order valence-corrected chi connectivity index (χ3v) is 5.34. The monoisotopic (exact) mass is 417 g/mol. The van der Waals surface area contributed by atoms with Crippen molar-refractivity contribution < 1.29 is 9.53 Å². The Kier molecular flexibility index (Phi) is 7.47. The second kappa shape index (κ2) is 10.5. The van der Waals surface area contributed by atoms with Gasteiger partial charge >= 0.3 is 0 Å². The van der Waals surface area contributed by atoms with Crippen LogP contribution in [0.2, 0.25) is 0 Å². The Morgan fingerprint density at radius 2 is 1.83 bits per heavy atom. The van der Waals surface area contributed by atoms with Gasteiger partial charge in [-0.3, -0.25) is 4.79 Å². The van der Waals surface area contributed by atoms with Gasteiger partial charge in [-0.15, -0.1) is 11.8 Å². The number of benzene rings is 2. The minimum absolute atomic E-state index is 0.0835. The van der Waals surface area contributed by atoms with E-state index in [1.807, 2.05) is 68.4 Å². The lowest BCUT2D eigenvalue weighted by atomic mass is 10.1. The molecule has 1 amide bonds. The number of pyridine rings is 1. The van der Waals surface area contributed by atoms with E-state index in [0.29, 0.717) is 29.4 Å². The second-order valence-electron chi connectivity index (χ2n) is 6.63. The smallest absolute Gasteiger partial charge is 0.225 e. The number of carbonyl (C=O) groups is 1. The molecule has 0 unspecified atom stereocenters. The summed E-state index contributed by atoms with van der Waals surface area (Å²) >= 11 is 1.42. The minimum Gasteiger partial charge on any atom is -0.494 e. The molecule has 1 heterocycles. The molecule has 5 nitrogen and oxygen atoms in total. The van der Waals surface area contributed by atoms with Gasteiger partial charge in [0, 0.05) is 23.4 Å². The molecule has 0 bridgehead atoms. The molecule has 2 aromatic carbocycles. The number of hydrogen-bond donors (Lipinski definition) is 1. The van der Waals surface area contributed by atoms with Gasteiger partial charge in [0.1, 0.15) is 16.8 Å². The molecule has 0 aliphatic rings. The summed E-state index contributed by atoms with van der Waals surface area (Å²) in [7, 11) is 0. The highest BCUT2D eigenvalue weighted by atomic mass is 32.2. The lowest BCUT2D eigenvalue weighted by Gasteiger charge is -2.08. The van der Waals surface area contributed by atoms with Gasteiger partial charge in [0.15, 0.2) is 0 Å². The average Bonchev–Trinajstić information content (AvgIpc) is 2.76. The van der Waals surface area contributed by atoms with Gasteiger partial charge < -0.3 is 10.1 Å². The number of thioether (sulfide) groups is 1. The normalized spacial score (nSPS) is 10.3. The summed E-state index contributed by atoms with van der Waals surface area (Å²) < 4.78 is 5.40. The first-order valence-corrected chi connectivity index (χ1v) is 10.7. The van der Waals surface area contributed by atoms with Crippen LogP contribution >= 0.6 is 11.8 Å². The Labute approximate surface area is 181 Å². The molecule has 152 valence electrons. The number of rotatable bonds is 8. The summed E-state index contributed by atoms with van der Waals surface area (Å²) in [4.78, 5) is 16.9. The molecular formula is C24H23N3O2S. The molecule has 0 aliphatic carbocycles. The molecule has 0 saturated carbocycles. The number of amides is 1. The SMILES string of the molecule is CCOc1ccc(NC(=O)CCSc2nc(-c3ccc(C)cc3)ccc2C#N)cc1. The molecule has 3 aromatic rings. The Hall–Kier alpha value is -3.30. The van der Waals surface area contributed by atoms with Crippen LogP contribution < -0.4 is 10.1 Å². The molecule has 0 spiro atoms. The number of hydrogen-bond acceptors (Lipinski definition) is 5. The first-order chi connectivity index (χ1) is 14.6. The van der Waals surface area contributed by atoms with Gasteiger partial charge in [-0.05, 0) is 50.2 Å². The van der Waals surface area contributed by atoms with Crippen molar-refractivity contribution in [1.82, 2.24) is 4.98 Å². The van der Waals surface area contributed by atoms with E-state index < -0.39 is 0 Å². The van der Waals surface area contributed by atoms with Gasteiger partial charge in [-0.2, -0.15) is 5.26 Å². The molecule has 1 N–H and O–H groups in total. The van der Waals surface area contributed by atoms with Gasteiger partial charge in [0.2, 0.25) is 5.91 Å². The van der Waals surface area contributed by atoms with Crippen LogP contribution in [0.3, 0.4) is 0 Å². The molecule has 0 saturated heterocycles. The molecular weight excluding hydrogens is 394 g/mol. The van der Waals surface area contributed by atoms with E-state index in [2.05, 4.69) is 16.4 Å². The van der Waals surface area contributed by atoms with Crippen LogP contribution in [0.25, 0.3) is 11.3 Å². The number of anilines is 1. The zero-order chi connectivity index (χ0) is 21.3. The number of nitriles is 1. The topological polar surface area (TPSA) is 75.0 Å².